The van der Waals surface area contributed by atoms with Crippen LogP contribution in [0.2, 0.25) is 5.02 Å². The Balaban J connectivity index is 1.58. The van der Waals surface area contributed by atoms with Crippen molar-refractivity contribution < 1.29 is 9.53 Å². The molecule has 1 heterocycles. The van der Waals surface area contributed by atoms with Crippen LogP contribution in [-0.2, 0) is 18.4 Å². The standard InChI is InChI=1S/C19H18BrClN4O2S/c1-12(18(26)22-15-5-3-4-13(20)10-15)28-19-24-23-17(25(19)2)11-27-16-8-6-14(21)7-9-16/h3-10,12H,11H2,1-2H3,(H,22,26). The van der Waals surface area contributed by atoms with E-state index in [0.717, 1.165) is 10.2 Å². The summed E-state index contributed by atoms with van der Waals surface area (Å²) >= 11 is 10.6. The summed E-state index contributed by atoms with van der Waals surface area (Å²) in [6, 6.07) is 14.6. The van der Waals surface area contributed by atoms with Crippen molar-refractivity contribution in [2.45, 2.75) is 23.9 Å². The molecule has 1 atom stereocenters. The second-order valence-electron chi connectivity index (χ2n) is 5.96. The Morgan fingerprint density at radius 1 is 1.29 bits per heavy atom. The third kappa shape index (κ3) is 5.50. The van der Waals surface area contributed by atoms with Crippen molar-refractivity contribution in [2.75, 3.05) is 5.32 Å². The van der Waals surface area contributed by atoms with Crippen molar-refractivity contribution >= 4 is 50.9 Å². The van der Waals surface area contributed by atoms with Gasteiger partial charge in [-0.2, -0.15) is 0 Å². The summed E-state index contributed by atoms with van der Waals surface area (Å²) in [5.74, 6) is 1.26. The lowest BCUT2D eigenvalue weighted by atomic mass is 10.3. The van der Waals surface area contributed by atoms with Gasteiger partial charge in [0.2, 0.25) is 5.91 Å². The van der Waals surface area contributed by atoms with Gasteiger partial charge in [-0.3, -0.25) is 4.79 Å². The van der Waals surface area contributed by atoms with E-state index in [1.807, 2.05) is 42.8 Å². The molecule has 1 aromatic heterocycles. The van der Waals surface area contributed by atoms with Crippen LogP contribution in [0.5, 0.6) is 5.75 Å². The molecular formula is C19H18BrClN4O2S. The van der Waals surface area contributed by atoms with Crippen LogP contribution in [-0.4, -0.2) is 25.9 Å². The molecule has 2 aromatic carbocycles. The first-order valence-electron chi connectivity index (χ1n) is 8.42. The molecule has 1 unspecified atom stereocenters. The summed E-state index contributed by atoms with van der Waals surface area (Å²) < 4.78 is 8.44. The number of benzene rings is 2. The van der Waals surface area contributed by atoms with E-state index >= 15 is 0 Å². The monoisotopic (exact) mass is 480 g/mol. The number of halogens is 2. The van der Waals surface area contributed by atoms with Gasteiger partial charge in [0.15, 0.2) is 11.0 Å². The molecule has 28 heavy (non-hydrogen) atoms. The summed E-state index contributed by atoms with van der Waals surface area (Å²) in [5, 5.41) is 12.2. The highest BCUT2D eigenvalue weighted by Gasteiger charge is 2.19. The zero-order chi connectivity index (χ0) is 20.1. The number of anilines is 1. The number of amides is 1. The smallest absolute Gasteiger partial charge is 0.237 e. The maximum absolute atomic E-state index is 12.4. The van der Waals surface area contributed by atoms with Crippen LogP contribution in [0.4, 0.5) is 5.69 Å². The van der Waals surface area contributed by atoms with Crippen LogP contribution in [0, 0.1) is 0 Å². The minimum absolute atomic E-state index is 0.106. The number of ether oxygens (including phenoxy) is 1. The van der Waals surface area contributed by atoms with Crippen molar-refractivity contribution in [3.05, 3.63) is 63.9 Å². The predicted octanol–water partition coefficient (Wildman–Crippen LogP) is 4.93. The summed E-state index contributed by atoms with van der Waals surface area (Å²) in [5.41, 5.74) is 0.738. The Kier molecular flexibility index (Phi) is 6.98. The average molecular weight is 482 g/mol. The number of hydrogen-bond donors (Lipinski definition) is 1. The SMILES string of the molecule is CC(Sc1nnc(COc2ccc(Cl)cc2)n1C)C(=O)Nc1cccc(Br)c1. The molecule has 1 amide bonds. The fourth-order valence-corrected chi connectivity index (χ4v) is 3.63. The van der Waals surface area contributed by atoms with Crippen LogP contribution in [0.3, 0.4) is 0 Å². The fraction of sp³-hybridized carbons (Fsp3) is 0.211. The summed E-state index contributed by atoms with van der Waals surface area (Å²) in [6.45, 7) is 2.10. The second kappa shape index (κ2) is 9.45. The maximum atomic E-state index is 12.4. The van der Waals surface area contributed by atoms with E-state index in [0.29, 0.717) is 21.8 Å². The molecule has 0 radical (unpaired) electrons. The first-order chi connectivity index (χ1) is 13.4. The molecule has 0 aliphatic rings. The minimum atomic E-state index is -0.341. The van der Waals surface area contributed by atoms with E-state index in [1.165, 1.54) is 11.8 Å². The summed E-state index contributed by atoms with van der Waals surface area (Å²) in [7, 11) is 1.85. The molecule has 0 aliphatic heterocycles. The molecule has 0 bridgehead atoms. The molecule has 1 N–H and O–H groups in total. The molecule has 0 aliphatic carbocycles. The zero-order valence-corrected chi connectivity index (χ0v) is 18.4. The third-order valence-electron chi connectivity index (χ3n) is 3.85. The van der Waals surface area contributed by atoms with Gasteiger partial charge in [0, 0.05) is 22.2 Å². The highest BCUT2D eigenvalue weighted by molar-refractivity contribution is 9.10. The minimum Gasteiger partial charge on any atom is -0.486 e. The Bertz CT molecular complexity index is 965. The highest BCUT2D eigenvalue weighted by Crippen LogP contribution is 2.24. The zero-order valence-electron chi connectivity index (χ0n) is 15.2. The van der Waals surface area contributed by atoms with E-state index in [-0.39, 0.29) is 17.8 Å². The number of thioether (sulfide) groups is 1. The number of aromatic nitrogens is 3. The largest absolute Gasteiger partial charge is 0.486 e. The van der Waals surface area contributed by atoms with Crippen LogP contribution in [0.25, 0.3) is 0 Å². The van der Waals surface area contributed by atoms with Crippen LogP contribution in [0.1, 0.15) is 12.7 Å². The van der Waals surface area contributed by atoms with Crippen molar-refractivity contribution in [1.82, 2.24) is 14.8 Å². The Morgan fingerprint density at radius 2 is 2.04 bits per heavy atom. The topological polar surface area (TPSA) is 69.0 Å². The molecule has 0 saturated carbocycles. The van der Waals surface area contributed by atoms with Crippen molar-refractivity contribution in [1.29, 1.82) is 0 Å². The van der Waals surface area contributed by atoms with E-state index in [9.17, 15) is 4.79 Å². The number of carbonyl (C=O) groups is 1. The van der Waals surface area contributed by atoms with Gasteiger partial charge in [0.1, 0.15) is 12.4 Å². The van der Waals surface area contributed by atoms with Gasteiger partial charge in [0.05, 0.1) is 5.25 Å². The van der Waals surface area contributed by atoms with Gasteiger partial charge in [-0.15, -0.1) is 10.2 Å². The van der Waals surface area contributed by atoms with Gasteiger partial charge in [-0.05, 0) is 49.4 Å². The number of nitrogens with zero attached hydrogens (tertiary/aromatic N) is 3. The lowest BCUT2D eigenvalue weighted by Crippen LogP contribution is -2.22. The normalized spacial score (nSPS) is 11.9. The second-order valence-corrected chi connectivity index (χ2v) is 8.62. The van der Waals surface area contributed by atoms with Crippen LogP contribution < -0.4 is 10.1 Å². The third-order valence-corrected chi connectivity index (χ3v) is 5.73. The molecule has 3 aromatic rings. The van der Waals surface area contributed by atoms with Crippen LogP contribution >= 0.6 is 39.3 Å². The van der Waals surface area contributed by atoms with Crippen molar-refractivity contribution in [3.63, 3.8) is 0 Å². The molecular weight excluding hydrogens is 464 g/mol. The van der Waals surface area contributed by atoms with E-state index in [1.54, 1.807) is 24.3 Å². The van der Waals surface area contributed by atoms with Gasteiger partial charge in [0.25, 0.3) is 0 Å². The van der Waals surface area contributed by atoms with E-state index < -0.39 is 0 Å². The average Bonchev–Trinajstić information content (AvgIpc) is 3.01. The number of carbonyl (C=O) groups excluding carboxylic acids is 1. The van der Waals surface area contributed by atoms with Gasteiger partial charge in [-0.25, -0.2) is 0 Å². The number of hydrogen-bond acceptors (Lipinski definition) is 5. The van der Waals surface area contributed by atoms with Crippen molar-refractivity contribution in [3.8, 4) is 5.75 Å². The first-order valence-corrected chi connectivity index (χ1v) is 10.5. The van der Waals surface area contributed by atoms with Crippen LogP contribution in [0.15, 0.2) is 58.2 Å². The molecule has 0 fully saturated rings. The lowest BCUT2D eigenvalue weighted by molar-refractivity contribution is -0.115. The van der Waals surface area contributed by atoms with Gasteiger partial charge >= 0.3 is 0 Å². The molecule has 0 spiro atoms. The fourth-order valence-electron chi connectivity index (χ4n) is 2.27. The molecule has 6 nitrogen and oxygen atoms in total. The molecule has 0 saturated heterocycles. The number of rotatable bonds is 7. The molecule has 9 heteroatoms. The van der Waals surface area contributed by atoms with E-state index in [2.05, 4.69) is 31.4 Å². The molecule has 3 rings (SSSR count). The Hall–Kier alpha value is -2.03. The summed E-state index contributed by atoms with van der Waals surface area (Å²) in [4.78, 5) is 12.4. The Morgan fingerprint density at radius 3 is 2.75 bits per heavy atom. The van der Waals surface area contributed by atoms with Gasteiger partial charge in [-0.1, -0.05) is 45.4 Å². The lowest BCUT2D eigenvalue weighted by Gasteiger charge is -2.12. The van der Waals surface area contributed by atoms with E-state index in [4.69, 9.17) is 16.3 Å². The quantitative estimate of drug-likeness (QED) is 0.485. The Labute approximate surface area is 180 Å². The number of nitrogens with one attached hydrogen (secondary N) is 1. The first kappa shape index (κ1) is 20.7. The van der Waals surface area contributed by atoms with Crippen molar-refractivity contribution in [2.24, 2.45) is 7.05 Å². The molecule has 146 valence electrons. The summed E-state index contributed by atoms with van der Waals surface area (Å²) in [6.07, 6.45) is 0. The predicted molar refractivity (Wildman–Crippen MR) is 115 cm³/mol. The maximum Gasteiger partial charge on any atom is 0.237 e. The van der Waals surface area contributed by atoms with Gasteiger partial charge < -0.3 is 14.6 Å². The highest BCUT2D eigenvalue weighted by atomic mass is 79.9.